The van der Waals surface area contributed by atoms with Crippen LogP contribution in [0.25, 0.3) is 21.8 Å². The van der Waals surface area contributed by atoms with Gasteiger partial charge in [-0.25, -0.2) is 0 Å². The highest BCUT2D eigenvalue weighted by Gasteiger charge is 2.15. The second kappa shape index (κ2) is 8.27. The van der Waals surface area contributed by atoms with Gasteiger partial charge in [-0.05, 0) is 23.8 Å². The lowest BCUT2D eigenvalue weighted by atomic mass is 10.1. The van der Waals surface area contributed by atoms with Crippen LogP contribution in [-0.2, 0) is 11.3 Å². The third-order valence-electron chi connectivity index (χ3n) is 5.71. The van der Waals surface area contributed by atoms with E-state index >= 15 is 0 Å². The van der Waals surface area contributed by atoms with Crippen molar-refractivity contribution in [1.82, 2.24) is 9.47 Å². The van der Waals surface area contributed by atoms with E-state index in [9.17, 15) is 0 Å². The summed E-state index contributed by atoms with van der Waals surface area (Å²) in [5.74, 6) is 0.971. The summed E-state index contributed by atoms with van der Waals surface area (Å²) in [6.07, 6.45) is 0. The Morgan fingerprint density at radius 2 is 1.55 bits per heavy atom. The molecule has 2 heterocycles. The first-order valence-electron chi connectivity index (χ1n) is 10.4. The van der Waals surface area contributed by atoms with Crippen molar-refractivity contribution >= 4 is 21.8 Å². The maximum atomic E-state index is 6.30. The number of hydrogen-bond acceptors (Lipinski definition) is 3. The molecule has 0 spiro atoms. The Kier molecular flexibility index (Phi) is 5.20. The maximum Gasteiger partial charge on any atom is 0.129 e. The lowest BCUT2D eigenvalue weighted by molar-refractivity contribution is 0.0323. The second-order valence-corrected chi connectivity index (χ2v) is 7.54. The highest BCUT2D eigenvalue weighted by Crippen LogP contribution is 2.36. The van der Waals surface area contributed by atoms with Gasteiger partial charge in [-0.2, -0.15) is 0 Å². The Bertz CT molecular complexity index is 1100. The van der Waals surface area contributed by atoms with Gasteiger partial charge in [0.1, 0.15) is 12.4 Å². The molecule has 0 bridgehead atoms. The summed E-state index contributed by atoms with van der Waals surface area (Å²) in [6, 6.07) is 25.7. The van der Waals surface area contributed by atoms with Crippen molar-refractivity contribution in [3.63, 3.8) is 0 Å². The van der Waals surface area contributed by atoms with Gasteiger partial charge >= 0.3 is 0 Å². The zero-order chi connectivity index (χ0) is 19.5. The molecule has 148 valence electrons. The van der Waals surface area contributed by atoms with Crippen molar-refractivity contribution in [2.24, 2.45) is 0 Å². The summed E-state index contributed by atoms with van der Waals surface area (Å²) in [7, 11) is 0. The van der Waals surface area contributed by atoms with Crippen LogP contribution in [0.5, 0.6) is 5.75 Å². The fourth-order valence-corrected chi connectivity index (χ4v) is 4.23. The minimum Gasteiger partial charge on any atom is -0.492 e. The molecule has 3 aromatic carbocycles. The van der Waals surface area contributed by atoms with Crippen LogP contribution in [-0.4, -0.2) is 48.9 Å². The molecular formula is C25H26N2O2. The molecule has 1 aromatic heterocycles. The van der Waals surface area contributed by atoms with Crippen molar-refractivity contribution in [2.45, 2.75) is 6.54 Å². The zero-order valence-corrected chi connectivity index (χ0v) is 16.6. The van der Waals surface area contributed by atoms with Gasteiger partial charge in [0.05, 0.1) is 18.7 Å². The van der Waals surface area contributed by atoms with Gasteiger partial charge in [0.15, 0.2) is 0 Å². The van der Waals surface area contributed by atoms with Crippen molar-refractivity contribution < 1.29 is 9.47 Å². The van der Waals surface area contributed by atoms with Gasteiger partial charge in [-0.3, -0.25) is 4.90 Å². The summed E-state index contributed by atoms with van der Waals surface area (Å²) in [4.78, 5) is 2.41. The molecule has 4 nitrogen and oxygen atoms in total. The largest absolute Gasteiger partial charge is 0.492 e. The van der Waals surface area contributed by atoms with E-state index in [4.69, 9.17) is 9.47 Å². The number of aromatic nitrogens is 1. The summed E-state index contributed by atoms with van der Waals surface area (Å²) in [6.45, 7) is 6.10. The average Bonchev–Trinajstić information content (AvgIpc) is 3.10. The van der Waals surface area contributed by atoms with E-state index in [1.54, 1.807) is 0 Å². The number of morpholine rings is 1. The minimum atomic E-state index is 0.692. The van der Waals surface area contributed by atoms with Gasteiger partial charge in [-0.1, -0.05) is 54.6 Å². The van der Waals surface area contributed by atoms with Gasteiger partial charge in [0.25, 0.3) is 0 Å². The third kappa shape index (κ3) is 3.74. The smallest absolute Gasteiger partial charge is 0.129 e. The lowest BCUT2D eigenvalue weighted by Gasteiger charge is -2.26. The van der Waals surface area contributed by atoms with Crippen LogP contribution in [0.1, 0.15) is 5.56 Å². The standard InChI is InChI=1S/C25H26N2O2/c1-2-7-20(8-3-1)19-27-22-10-5-4-9-21(22)25-23(27)11-6-12-24(25)29-18-15-26-13-16-28-17-14-26/h1-12H,13-19H2. The maximum absolute atomic E-state index is 6.30. The van der Waals surface area contributed by atoms with E-state index in [0.29, 0.717) is 6.61 Å². The lowest BCUT2D eigenvalue weighted by Crippen LogP contribution is -2.38. The first-order chi connectivity index (χ1) is 14.4. The molecule has 5 rings (SSSR count). The fraction of sp³-hybridized carbons (Fsp3) is 0.280. The van der Waals surface area contributed by atoms with Crippen LogP contribution in [0.3, 0.4) is 0 Å². The highest BCUT2D eigenvalue weighted by molar-refractivity contribution is 6.11. The van der Waals surface area contributed by atoms with Gasteiger partial charge in [0.2, 0.25) is 0 Å². The van der Waals surface area contributed by atoms with E-state index in [1.807, 2.05) is 0 Å². The molecule has 1 saturated heterocycles. The molecule has 0 radical (unpaired) electrons. The molecule has 0 aliphatic carbocycles. The monoisotopic (exact) mass is 386 g/mol. The van der Waals surface area contributed by atoms with E-state index in [2.05, 4.69) is 82.3 Å². The molecule has 0 amide bonds. The van der Waals surface area contributed by atoms with E-state index < -0.39 is 0 Å². The second-order valence-electron chi connectivity index (χ2n) is 7.54. The Morgan fingerprint density at radius 3 is 2.41 bits per heavy atom. The molecule has 1 aliphatic heterocycles. The molecule has 0 unspecified atom stereocenters. The summed E-state index contributed by atoms with van der Waals surface area (Å²) >= 11 is 0. The van der Waals surface area contributed by atoms with Crippen LogP contribution < -0.4 is 4.74 Å². The summed E-state index contributed by atoms with van der Waals surface area (Å²) in [5.41, 5.74) is 3.77. The predicted molar refractivity (Wildman–Crippen MR) is 118 cm³/mol. The third-order valence-corrected chi connectivity index (χ3v) is 5.71. The van der Waals surface area contributed by atoms with E-state index in [-0.39, 0.29) is 0 Å². The SMILES string of the molecule is c1ccc(Cn2c3ccccc3c3c(OCCN4CCOCC4)cccc32)cc1. The van der Waals surface area contributed by atoms with E-state index in [1.165, 1.54) is 27.4 Å². The van der Waals surface area contributed by atoms with Crippen LogP contribution in [0.15, 0.2) is 72.8 Å². The van der Waals surface area contributed by atoms with Crippen molar-refractivity contribution in [3.8, 4) is 5.75 Å². The van der Waals surface area contributed by atoms with Gasteiger partial charge in [-0.15, -0.1) is 0 Å². The number of fused-ring (bicyclic) bond motifs is 3. The van der Waals surface area contributed by atoms with Crippen molar-refractivity contribution in [3.05, 3.63) is 78.4 Å². The minimum absolute atomic E-state index is 0.692. The van der Waals surface area contributed by atoms with Crippen molar-refractivity contribution in [1.29, 1.82) is 0 Å². The number of nitrogens with zero attached hydrogens (tertiary/aromatic N) is 2. The van der Waals surface area contributed by atoms with Crippen molar-refractivity contribution in [2.75, 3.05) is 39.5 Å². The first-order valence-corrected chi connectivity index (χ1v) is 10.4. The number of rotatable bonds is 6. The predicted octanol–water partition coefficient (Wildman–Crippen LogP) is 4.55. The highest BCUT2D eigenvalue weighted by atomic mass is 16.5. The number of ether oxygens (including phenoxy) is 2. The molecule has 4 aromatic rings. The summed E-state index contributed by atoms with van der Waals surface area (Å²) < 4.78 is 14.1. The topological polar surface area (TPSA) is 26.6 Å². The Labute approximate surface area is 171 Å². The van der Waals surface area contributed by atoms with Crippen LogP contribution in [0, 0.1) is 0 Å². The van der Waals surface area contributed by atoms with Crippen LogP contribution in [0.2, 0.25) is 0 Å². The van der Waals surface area contributed by atoms with Crippen LogP contribution in [0.4, 0.5) is 0 Å². The molecule has 1 aliphatic rings. The molecular weight excluding hydrogens is 360 g/mol. The number of hydrogen-bond donors (Lipinski definition) is 0. The Balaban J connectivity index is 1.48. The van der Waals surface area contributed by atoms with Gasteiger partial charge < -0.3 is 14.0 Å². The number of benzene rings is 3. The fourth-order valence-electron chi connectivity index (χ4n) is 4.23. The van der Waals surface area contributed by atoms with Crippen LogP contribution >= 0.6 is 0 Å². The Hall–Kier alpha value is -2.82. The molecule has 1 fully saturated rings. The Morgan fingerprint density at radius 1 is 0.793 bits per heavy atom. The molecule has 29 heavy (non-hydrogen) atoms. The molecule has 0 N–H and O–H groups in total. The zero-order valence-electron chi connectivity index (χ0n) is 16.6. The quantitative estimate of drug-likeness (QED) is 0.486. The normalized spacial score (nSPS) is 15.2. The molecule has 4 heteroatoms. The van der Waals surface area contributed by atoms with E-state index in [0.717, 1.165) is 45.1 Å². The summed E-state index contributed by atoms with van der Waals surface area (Å²) in [5, 5.41) is 2.46. The molecule has 0 atom stereocenters. The first kappa shape index (κ1) is 18.2. The van der Waals surface area contributed by atoms with Gasteiger partial charge in [0, 0.05) is 42.5 Å². The molecule has 0 saturated carbocycles. The average molecular weight is 386 g/mol. The number of para-hydroxylation sites is 1.